The van der Waals surface area contributed by atoms with E-state index in [1.165, 1.54) is 25.7 Å². The SMILES string of the molecule is CCCCCCCC1=NCC2CNCCC2C1NC(=O)C(C(N)N)C1CC2(CC)CCCC(F)C=[N+]1CCC2. The van der Waals surface area contributed by atoms with Gasteiger partial charge in [0.25, 0.3) is 0 Å². The molecule has 4 heterocycles. The Hall–Kier alpha value is -1.38. The Labute approximate surface area is 236 Å². The van der Waals surface area contributed by atoms with Gasteiger partial charge in [0.1, 0.15) is 12.5 Å². The lowest BCUT2D eigenvalue weighted by Crippen LogP contribution is -2.61. The molecule has 2 fully saturated rings. The van der Waals surface area contributed by atoms with Crippen LogP contribution in [0, 0.1) is 23.2 Å². The standard InChI is InChI=1S/C31H55FN6O/c1-3-5-6-7-8-12-25-28(24-13-16-35-19-22(24)20-36-25)37-30(39)27(29(33)34)26-18-31(4-2)14-9-11-23(32)21-38(26)17-10-15-31/h21-24,26-29,35H,3-20,33-34H2,1-2H3/p+1. The Morgan fingerprint density at radius 1 is 1.21 bits per heavy atom. The molecule has 0 radical (unpaired) electrons. The van der Waals surface area contributed by atoms with Crippen molar-refractivity contribution in [3.63, 3.8) is 0 Å². The first kappa shape index (κ1) is 30.6. The molecule has 0 aromatic rings. The quantitative estimate of drug-likeness (QED) is 0.179. The Morgan fingerprint density at radius 2 is 2.00 bits per heavy atom. The number of halogens is 1. The summed E-state index contributed by atoms with van der Waals surface area (Å²) >= 11 is 0. The van der Waals surface area contributed by atoms with Gasteiger partial charge in [-0.15, -0.1) is 0 Å². The molecule has 4 rings (SSSR count). The van der Waals surface area contributed by atoms with E-state index in [4.69, 9.17) is 16.5 Å². The maximum Gasteiger partial charge on any atom is 0.233 e. The van der Waals surface area contributed by atoms with Crippen molar-refractivity contribution in [2.75, 3.05) is 26.2 Å². The van der Waals surface area contributed by atoms with Crippen LogP contribution in [0.2, 0.25) is 0 Å². The summed E-state index contributed by atoms with van der Waals surface area (Å²) in [5.41, 5.74) is 14.1. The Bertz CT molecular complexity index is 862. The minimum Gasteiger partial charge on any atom is -0.347 e. The zero-order valence-corrected chi connectivity index (χ0v) is 24.7. The molecule has 2 saturated heterocycles. The summed E-state index contributed by atoms with van der Waals surface area (Å²) in [4.78, 5) is 19.3. The van der Waals surface area contributed by atoms with E-state index in [1.807, 2.05) is 0 Å². The fourth-order valence-electron chi connectivity index (χ4n) is 8.02. The molecule has 2 bridgehead atoms. The number of hydrogen-bond donors (Lipinski definition) is 4. The van der Waals surface area contributed by atoms with Gasteiger partial charge in [0.2, 0.25) is 5.91 Å². The van der Waals surface area contributed by atoms with E-state index < -0.39 is 18.3 Å². The fraction of sp³-hybridized carbons (Fsp3) is 0.903. The van der Waals surface area contributed by atoms with Crippen molar-refractivity contribution < 1.29 is 13.8 Å². The third-order valence-corrected chi connectivity index (χ3v) is 10.4. The van der Waals surface area contributed by atoms with Gasteiger partial charge in [0, 0.05) is 31.6 Å². The van der Waals surface area contributed by atoms with Crippen LogP contribution in [0.4, 0.5) is 4.39 Å². The van der Waals surface area contributed by atoms with E-state index in [0.717, 1.165) is 89.7 Å². The lowest BCUT2D eigenvalue weighted by atomic mass is 9.70. The summed E-state index contributed by atoms with van der Waals surface area (Å²) in [7, 11) is 0. The third-order valence-electron chi connectivity index (χ3n) is 10.4. The molecular formula is C31H56FN6O+. The zero-order chi connectivity index (χ0) is 27.8. The molecule has 0 spiro atoms. The number of alkyl halides is 1. The number of carbonyl (C=O) groups excluding carboxylic acids is 1. The van der Waals surface area contributed by atoms with Crippen LogP contribution in [0.1, 0.15) is 104 Å². The first-order valence-corrected chi connectivity index (χ1v) is 16.2. The zero-order valence-electron chi connectivity index (χ0n) is 24.7. The van der Waals surface area contributed by atoms with E-state index >= 15 is 0 Å². The molecule has 1 amide bonds. The third kappa shape index (κ3) is 7.68. The molecular weight excluding hydrogens is 491 g/mol. The summed E-state index contributed by atoms with van der Waals surface area (Å²) in [5.74, 6) is 0.160. The van der Waals surface area contributed by atoms with Crippen molar-refractivity contribution in [3.05, 3.63) is 0 Å². The summed E-state index contributed by atoms with van der Waals surface area (Å²) in [6.07, 6.45) is 14.4. The highest BCUT2D eigenvalue weighted by Gasteiger charge is 2.48. The predicted molar refractivity (Wildman–Crippen MR) is 158 cm³/mol. The van der Waals surface area contributed by atoms with Crippen molar-refractivity contribution in [2.45, 2.75) is 128 Å². The molecule has 222 valence electrons. The first-order valence-electron chi connectivity index (χ1n) is 16.2. The van der Waals surface area contributed by atoms with E-state index in [0.29, 0.717) is 18.3 Å². The number of fused-ring (bicyclic) bond motifs is 4. The van der Waals surface area contributed by atoms with Crippen LogP contribution in [-0.2, 0) is 4.79 Å². The fourth-order valence-corrected chi connectivity index (χ4v) is 8.02. The van der Waals surface area contributed by atoms with Crippen LogP contribution in [0.5, 0.6) is 0 Å². The number of nitrogens with zero attached hydrogens (tertiary/aromatic N) is 2. The molecule has 0 aromatic carbocycles. The lowest BCUT2D eigenvalue weighted by molar-refractivity contribution is -0.570. The van der Waals surface area contributed by atoms with E-state index in [-0.39, 0.29) is 23.4 Å². The van der Waals surface area contributed by atoms with Gasteiger partial charge in [-0.1, -0.05) is 46.0 Å². The average Bonchev–Trinajstić information content (AvgIpc) is 3.05. The van der Waals surface area contributed by atoms with Crippen molar-refractivity contribution in [3.8, 4) is 0 Å². The predicted octanol–water partition coefficient (Wildman–Crippen LogP) is 3.93. The maximum atomic E-state index is 15.0. The summed E-state index contributed by atoms with van der Waals surface area (Å²) in [5, 5.41) is 7.00. The molecule has 39 heavy (non-hydrogen) atoms. The summed E-state index contributed by atoms with van der Waals surface area (Å²) in [6, 6.07) is -0.250. The van der Waals surface area contributed by atoms with Gasteiger partial charge in [-0.05, 0) is 68.7 Å². The molecule has 4 aliphatic rings. The highest BCUT2D eigenvalue weighted by molar-refractivity contribution is 5.94. The van der Waals surface area contributed by atoms with Crippen LogP contribution < -0.4 is 22.1 Å². The van der Waals surface area contributed by atoms with Crippen LogP contribution in [0.25, 0.3) is 0 Å². The summed E-state index contributed by atoms with van der Waals surface area (Å²) in [6.45, 7) is 8.01. The Balaban J connectivity index is 1.58. The molecule has 7 atom stereocenters. The molecule has 7 nitrogen and oxygen atoms in total. The first-order chi connectivity index (χ1) is 18.9. The lowest BCUT2D eigenvalue weighted by Gasteiger charge is -2.42. The van der Waals surface area contributed by atoms with Gasteiger partial charge >= 0.3 is 0 Å². The summed E-state index contributed by atoms with van der Waals surface area (Å²) < 4.78 is 17.1. The number of hydrogen-bond acceptors (Lipinski definition) is 5. The maximum absolute atomic E-state index is 15.0. The van der Waals surface area contributed by atoms with Crippen molar-refractivity contribution >= 4 is 17.8 Å². The van der Waals surface area contributed by atoms with Gasteiger partial charge in [0.05, 0.1) is 12.2 Å². The van der Waals surface area contributed by atoms with Gasteiger partial charge < -0.3 is 22.1 Å². The van der Waals surface area contributed by atoms with Crippen LogP contribution in [0.15, 0.2) is 4.99 Å². The van der Waals surface area contributed by atoms with E-state index in [9.17, 15) is 9.18 Å². The second-order valence-electron chi connectivity index (χ2n) is 13.0. The van der Waals surface area contributed by atoms with Crippen LogP contribution in [-0.4, -0.2) is 73.0 Å². The normalized spacial score (nSPS) is 34.2. The smallest absolute Gasteiger partial charge is 0.233 e. The number of unbranched alkanes of at least 4 members (excludes halogenated alkanes) is 4. The molecule has 7 unspecified atom stereocenters. The molecule has 4 aliphatic heterocycles. The average molecular weight is 548 g/mol. The number of amides is 1. The number of nitrogens with two attached hydrogens (primary N) is 2. The number of carbonyl (C=O) groups is 1. The number of aliphatic imine (C=N–C) groups is 1. The minimum atomic E-state index is -0.990. The number of piperidine rings is 1. The van der Waals surface area contributed by atoms with Crippen LogP contribution in [0.3, 0.4) is 0 Å². The van der Waals surface area contributed by atoms with E-state index in [2.05, 4.69) is 29.1 Å². The molecule has 0 saturated carbocycles. The largest absolute Gasteiger partial charge is 0.347 e. The van der Waals surface area contributed by atoms with Gasteiger partial charge in [0.15, 0.2) is 18.4 Å². The van der Waals surface area contributed by atoms with Gasteiger partial charge in [-0.25, -0.2) is 8.97 Å². The monoisotopic (exact) mass is 547 g/mol. The van der Waals surface area contributed by atoms with Crippen molar-refractivity contribution in [1.29, 1.82) is 0 Å². The number of nitrogens with one attached hydrogen (secondary N) is 2. The molecule has 6 N–H and O–H groups in total. The highest BCUT2D eigenvalue weighted by Crippen LogP contribution is 2.43. The second kappa shape index (κ2) is 14.5. The van der Waals surface area contributed by atoms with Crippen LogP contribution >= 0.6 is 0 Å². The number of rotatable bonds is 11. The molecule has 8 heteroatoms. The van der Waals surface area contributed by atoms with Gasteiger partial charge in [-0.2, -0.15) is 0 Å². The minimum absolute atomic E-state index is 0.0606. The van der Waals surface area contributed by atoms with Crippen molar-refractivity contribution in [2.24, 2.45) is 39.6 Å². The van der Waals surface area contributed by atoms with Crippen molar-refractivity contribution in [1.82, 2.24) is 10.6 Å². The molecule has 0 aromatic heterocycles. The topological polar surface area (TPSA) is 109 Å². The van der Waals surface area contributed by atoms with E-state index in [1.54, 1.807) is 6.21 Å². The van der Waals surface area contributed by atoms with Gasteiger partial charge in [-0.3, -0.25) is 9.79 Å². The highest BCUT2D eigenvalue weighted by atomic mass is 19.1. The Morgan fingerprint density at radius 3 is 2.77 bits per heavy atom. The molecule has 0 aliphatic carbocycles. The second-order valence-corrected chi connectivity index (χ2v) is 13.0. The Kier molecular flexibility index (Phi) is 11.4.